The van der Waals surface area contributed by atoms with Gasteiger partial charge in [0.1, 0.15) is 5.82 Å². The molecule has 0 unspecified atom stereocenters. The highest BCUT2D eigenvalue weighted by atomic mass is 15.3. The van der Waals surface area contributed by atoms with Crippen LogP contribution in [0, 0.1) is 6.92 Å². The molecular formula is C22H40N6. The minimum atomic E-state index is 0.342. The molecule has 6 nitrogen and oxygen atoms in total. The first kappa shape index (κ1) is 21.2. The van der Waals surface area contributed by atoms with Crippen LogP contribution in [0.2, 0.25) is 0 Å². The average molecular weight is 389 g/mol. The average Bonchev–Trinajstić information content (AvgIpc) is 3.16. The van der Waals surface area contributed by atoms with E-state index in [1.165, 1.54) is 64.5 Å². The van der Waals surface area contributed by atoms with Gasteiger partial charge in [-0.1, -0.05) is 25.7 Å². The van der Waals surface area contributed by atoms with E-state index in [9.17, 15) is 0 Å². The molecule has 2 fully saturated rings. The Labute approximate surface area is 171 Å². The van der Waals surface area contributed by atoms with Crippen molar-refractivity contribution in [2.45, 2.75) is 83.2 Å². The van der Waals surface area contributed by atoms with Crippen LogP contribution < -0.4 is 10.6 Å². The van der Waals surface area contributed by atoms with Crippen LogP contribution in [0.1, 0.15) is 70.0 Å². The zero-order valence-corrected chi connectivity index (χ0v) is 18.1. The Hall–Kier alpha value is -1.56. The van der Waals surface area contributed by atoms with Gasteiger partial charge in [0, 0.05) is 44.6 Å². The minimum Gasteiger partial charge on any atom is -0.356 e. The lowest BCUT2D eigenvalue weighted by molar-refractivity contribution is 0.0368. The maximum atomic E-state index is 4.47. The van der Waals surface area contributed by atoms with Gasteiger partial charge in [-0.15, -0.1) is 0 Å². The summed E-state index contributed by atoms with van der Waals surface area (Å²) in [6.45, 7) is 7.65. The third-order valence-electron chi connectivity index (χ3n) is 6.66. The van der Waals surface area contributed by atoms with Crippen LogP contribution in [0.15, 0.2) is 17.4 Å². The van der Waals surface area contributed by atoms with Crippen molar-refractivity contribution in [1.29, 1.82) is 0 Å². The highest BCUT2D eigenvalue weighted by molar-refractivity contribution is 5.79. The number of rotatable bonds is 8. The van der Waals surface area contributed by atoms with Gasteiger partial charge in [0.2, 0.25) is 0 Å². The summed E-state index contributed by atoms with van der Waals surface area (Å²) in [5, 5.41) is 7.19. The van der Waals surface area contributed by atoms with Gasteiger partial charge in [-0.25, -0.2) is 4.98 Å². The molecule has 28 heavy (non-hydrogen) atoms. The fourth-order valence-electron chi connectivity index (χ4n) is 4.91. The molecule has 1 saturated carbocycles. The first-order valence-electron chi connectivity index (χ1n) is 11.4. The molecule has 6 heteroatoms. The van der Waals surface area contributed by atoms with Gasteiger partial charge in [-0.2, -0.15) is 0 Å². The molecule has 0 bridgehead atoms. The van der Waals surface area contributed by atoms with Gasteiger partial charge in [0.05, 0.1) is 0 Å². The lowest BCUT2D eigenvalue weighted by Gasteiger charge is -2.48. The van der Waals surface area contributed by atoms with Crippen LogP contribution in [0.25, 0.3) is 0 Å². The van der Waals surface area contributed by atoms with E-state index in [0.29, 0.717) is 5.54 Å². The van der Waals surface area contributed by atoms with Crippen LogP contribution in [0.4, 0.5) is 0 Å². The third kappa shape index (κ3) is 5.72. The van der Waals surface area contributed by atoms with E-state index in [1.54, 1.807) is 0 Å². The van der Waals surface area contributed by atoms with Crippen molar-refractivity contribution in [3.63, 3.8) is 0 Å². The number of unbranched alkanes of at least 4 members (excludes halogenated alkanes) is 1. The Morgan fingerprint density at radius 3 is 2.50 bits per heavy atom. The summed E-state index contributed by atoms with van der Waals surface area (Å²) in [7, 11) is 1.89. The molecule has 1 saturated heterocycles. The molecule has 2 aliphatic rings. The van der Waals surface area contributed by atoms with Crippen LogP contribution in [-0.2, 0) is 6.54 Å². The second kappa shape index (κ2) is 10.8. The quantitative estimate of drug-likeness (QED) is 0.407. The van der Waals surface area contributed by atoms with Crippen LogP contribution >= 0.6 is 0 Å². The molecule has 0 aromatic carbocycles. The van der Waals surface area contributed by atoms with Gasteiger partial charge in [-0.3, -0.25) is 9.89 Å². The van der Waals surface area contributed by atoms with Crippen molar-refractivity contribution < 1.29 is 0 Å². The number of hydrogen-bond acceptors (Lipinski definition) is 3. The monoisotopic (exact) mass is 388 g/mol. The van der Waals surface area contributed by atoms with E-state index >= 15 is 0 Å². The standard InChI is InChI=1S/C22H40N6/c1-20-24-14-18-27(20)15-10-7-13-25-21(23-2)26-19-22(11-5-3-6-12-22)28-16-8-4-9-17-28/h14,18H,3-13,15-17,19H2,1-2H3,(H2,23,25,26). The smallest absolute Gasteiger partial charge is 0.191 e. The summed E-state index contributed by atoms with van der Waals surface area (Å²) >= 11 is 0. The lowest BCUT2D eigenvalue weighted by Crippen LogP contribution is -2.59. The molecule has 0 atom stereocenters. The highest BCUT2D eigenvalue weighted by Crippen LogP contribution is 2.35. The van der Waals surface area contributed by atoms with E-state index in [1.807, 2.05) is 13.2 Å². The van der Waals surface area contributed by atoms with Crippen LogP contribution in [0.5, 0.6) is 0 Å². The minimum absolute atomic E-state index is 0.342. The number of nitrogens with one attached hydrogen (secondary N) is 2. The molecule has 1 aromatic rings. The predicted octanol–water partition coefficient (Wildman–Crippen LogP) is 3.33. The summed E-state index contributed by atoms with van der Waals surface area (Å²) in [4.78, 5) is 11.6. The van der Waals surface area contributed by atoms with E-state index < -0.39 is 0 Å². The van der Waals surface area contributed by atoms with Gasteiger partial charge < -0.3 is 15.2 Å². The number of guanidine groups is 1. The molecule has 158 valence electrons. The zero-order chi connectivity index (χ0) is 19.7. The number of aliphatic imine (C=N–C) groups is 1. The Balaban J connectivity index is 1.42. The fraction of sp³-hybridized carbons (Fsp3) is 0.818. The summed E-state index contributed by atoms with van der Waals surface area (Å²) in [5.74, 6) is 2.06. The van der Waals surface area contributed by atoms with Crippen molar-refractivity contribution in [1.82, 2.24) is 25.1 Å². The van der Waals surface area contributed by atoms with Crippen LogP contribution in [-0.4, -0.2) is 59.2 Å². The van der Waals surface area contributed by atoms with Crippen molar-refractivity contribution in [3.05, 3.63) is 18.2 Å². The summed E-state index contributed by atoms with van der Waals surface area (Å²) in [5.41, 5.74) is 0.342. The van der Waals surface area contributed by atoms with Crippen molar-refractivity contribution in [2.24, 2.45) is 4.99 Å². The highest BCUT2D eigenvalue weighted by Gasteiger charge is 2.38. The molecule has 1 aromatic heterocycles. The second-order valence-corrected chi connectivity index (χ2v) is 8.56. The molecule has 0 spiro atoms. The molecule has 2 N–H and O–H groups in total. The first-order chi connectivity index (χ1) is 13.7. The van der Waals surface area contributed by atoms with E-state index in [0.717, 1.165) is 44.3 Å². The number of likely N-dealkylation sites (tertiary alicyclic amines) is 1. The number of imidazole rings is 1. The largest absolute Gasteiger partial charge is 0.356 e. The molecule has 2 heterocycles. The molecule has 0 radical (unpaired) electrons. The van der Waals surface area contributed by atoms with Gasteiger partial charge >= 0.3 is 0 Å². The molecule has 3 rings (SSSR count). The normalized spacial score (nSPS) is 20.9. The topological polar surface area (TPSA) is 57.5 Å². The molecule has 1 aliphatic carbocycles. The molecule has 0 amide bonds. The second-order valence-electron chi connectivity index (χ2n) is 8.56. The Bertz CT molecular complexity index is 596. The maximum Gasteiger partial charge on any atom is 0.191 e. The van der Waals surface area contributed by atoms with Gasteiger partial charge in [-0.05, 0) is 58.5 Å². The Kier molecular flexibility index (Phi) is 8.19. The summed E-state index contributed by atoms with van der Waals surface area (Å²) < 4.78 is 2.22. The predicted molar refractivity (Wildman–Crippen MR) is 117 cm³/mol. The molecule has 1 aliphatic heterocycles. The van der Waals surface area contributed by atoms with Crippen molar-refractivity contribution in [2.75, 3.05) is 33.2 Å². The van der Waals surface area contributed by atoms with Gasteiger partial charge in [0.25, 0.3) is 0 Å². The van der Waals surface area contributed by atoms with Crippen LogP contribution in [0.3, 0.4) is 0 Å². The number of aromatic nitrogens is 2. The Morgan fingerprint density at radius 1 is 1.07 bits per heavy atom. The van der Waals surface area contributed by atoms with Gasteiger partial charge in [0.15, 0.2) is 5.96 Å². The number of piperidine rings is 1. The third-order valence-corrected chi connectivity index (χ3v) is 6.66. The first-order valence-corrected chi connectivity index (χ1v) is 11.4. The summed E-state index contributed by atoms with van der Waals surface area (Å²) in [6.07, 6.45) is 17.2. The van der Waals surface area contributed by atoms with Crippen molar-refractivity contribution in [3.8, 4) is 0 Å². The van der Waals surface area contributed by atoms with Crippen molar-refractivity contribution >= 4 is 5.96 Å². The number of aryl methyl sites for hydroxylation is 2. The fourth-order valence-corrected chi connectivity index (χ4v) is 4.91. The Morgan fingerprint density at radius 2 is 1.82 bits per heavy atom. The van der Waals surface area contributed by atoms with E-state index in [4.69, 9.17) is 0 Å². The van der Waals surface area contributed by atoms with E-state index in [-0.39, 0.29) is 0 Å². The number of hydrogen-bond donors (Lipinski definition) is 2. The SMILES string of the molecule is CN=C(NCCCCn1ccnc1C)NCC1(N2CCCCC2)CCCCC1. The number of nitrogens with zero attached hydrogens (tertiary/aromatic N) is 4. The molecular weight excluding hydrogens is 348 g/mol. The van der Waals surface area contributed by atoms with E-state index in [2.05, 4.69) is 43.2 Å². The lowest BCUT2D eigenvalue weighted by atomic mass is 9.79. The summed E-state index contributed by atoms with van der Waals surface area (Å²) in [6, 6.07) is 0. The zero-order valence-electron chi connectivity index (χ0n) is 18.1. The maximum absolute atomic E-state index is 4.47.